The Morgan fingerprint density at radius 2 is 2.17 bits per heavy atom. The number of aromatic amines is 1. The van der Waals surface area contributed by atoms with Crippen molar-refractivity contribution in [3.05, 3.63) is 21.6 Å². The minimum atomic E-state index is -1.04. The molecule has 0 radical (unpaired) electrons. The summed E-state index contributed by atoms with van der Waals surface area (Å²) < 4.78 is 2.32. The van der Waals surface area contributed by atoms with Gasteiger partial charge in [-0.1, -0.05) is 0 Å². The Balaban J connectivity index is 2.63. The van der Waals surface area contributed by atoms with Crippen molar-refractivity contribution in [2.75, 3.05) is 0 Å². The van der Waals surface area contributed by atoms with Gasteiger partial charge in [0.05, 0.1) is 10.2 Å². The number of aryl methyl sites for hydroxylation is 2. The number of carboxylic acids is 1. The zero-order chi connectivity index (χ0) is 13.4. The van der Waals surface area contributed by atoms with Crippen molar-refractivity contribution >= 4 is 21.9 Å². The van der Waals surface area contributed by atoms with Crippen LogP contribution >= 0.6 is 15.9 Å². The average Bonchev–Trinajstić information content (AvgIpc) is 2.80. The molecule has 0 aromatic carbocycles. The van der Waals surface area contributed by atoms with Crippen molar-refractivity contribution in [2.24, 2.45) is 0 Å². The molecular formula is C11H13BrN4O2. The number of aromatic nitrogens is 4. The quantitative estimate of drug-likeness (QED) is 0.911. The molecule has 0 saturated heterocycles. The second-order valence-electron chi connectivity index (χ2n) is 3.93. The number of nitrogens with zero attached hydrogens (tertiary/aromatic N) is 3. The lowest BCUT2D eigenvalue weighted by Crippen LogP contribution is -1.98. The molecule has 2 heterocycles. The fraction of sp³-hybridized carbons (Fsp3) is 0.364. The van der Waals surface area contributed by atoms with Gasteiger partial charge < -0.3 is 5.11 Å². The van der Waals surface area contributed by atoms with Crippen LogP contribution in [0.5, 0.6) is 0 Å². The van der Waals surface area contributed by atoms with Gasteiger partial charge in [0, 0.05) is 17.8 Å². The monoisotopic (exact) mass is 312 g/mol. The van der Waals surface area contributed by atoms with Crippen LogP contribution in [0.2, 0.25) is 0 Å². The molecule has 0 atom stereocenters. The van der Waals surface area contributed by atoms with E-state index >= 15 is 0 Å². The third-order valence-corrected chi connectivity index (χ3v) is 3.61. The number of rotatable bonds is 3. The second kappa shape index (κ2) is 4.56. The summed E-state index contributed by atoms with van der Waals surface area (Å²) in [5.74, 6) is -1.04. The van der Waals surface area contributed by atoms with Crippen molar-refractivity contribution in [2.45, 2.75) is 27.3 Å². The predicted molar refractivity (Wildman–Crippen MR) is 69.6 cm³/mol. The summed E-state index contributed by atoms with van der Waals surface area (Å²) in [6, 6.07) is 0. The summed E-state index contributed by atoms with van der Waals surface area (Å²) in [6.07, 6.45) is 0. The molecule has 18 heavy (non-hydrogen) atoms. The van der Waals surface area contributed by atoms with Gasteiger partial charge in [-0.25, -0.2) is 4.79 Å². The van der Waals surface area contributed by atoms with E-state index in [2.05, 4.69) is 31.2 Å². The molecule has 0 aliphatic rings. The van der Waals surface area contributed by atoms with E-state index in [1.807, 2.05) is 25.5 Å². The molecule has 0 saturated carbocycles. The fourth-order valence-electron chi connectivity index (χ4n) is 1.98. The van der Waals surface area contributed by atoms with Crippen LogP contribution in [0.3, 0.4) is 0 Å². The summed E-state index contributed by atoms with van der Waals surface area (Å²) in [4.78, 5) is 11.0. The van der Waals surface area contributed by atoms with Crippen molar-refractivity contribution < 1.29 is 9.90 Å². The summed E-state index contributed by atoms with van der Waals surface area (Å²) in [5.41, 5.74) is 3.31. The molecule has 0 amide bonds. The first kappa shape index (κ1) is 12.8. The summed E-state index contributed by atoms with van der Waals surface area (Å²) in [6.45, 7) is 6.60. The van der Waals surface area contributed by atoms with Crippen LogP contribution in [0.1, 0.15) is 28.8 Å². The molecule has 96 valence electrons. The molecule has 0 bridgehead atoms. The summed E-state index contributed by atoms with van der Waals surface area (Å²) in [7, 11) is 0. The van der Waals surface area contributed by atoms with Gasteiger partial charge in [0.25, 0.3) is 0 Å². The molecule has 0 unspecified atom stereocenters. The van der Waals surface area contributed by atoms with E-state index in [1.165, 1.54) is 0 Å². The Morgan fingerprint density at radius 3 is 2.61 bits per heavy atom. The summed E-state index contributed by atoms with van der Waals surface area (Å²) >= 11 is 3.28. The maximum atomic E-state index is 11.0. The number of carbonyl (C=O) groups is 1. The number of hydrogen-bond acceptors (Lipinski definition) is 3. The number of nitrogens with one attached hydrogen (secondary N) is 1. The molecule has 2 aromatic rings. The van der Waals surface area contributed by atoms with Crippen LogP contribution in [-0.2, 0) is 6.54 Å². The molecule has 0 fully saturated rings. The van der Waals surface area contributed by atoms with Gasteiger partial charge in [-0.3, -0.25) is 9.78 Å². The van der Waals surface area contributed by atoms with Crippen molar-refractivity contribution in [1.29, 1.82) is 0 Å². The topological polar surface area (TPSA) is 83.8 Å². The molecule has 2 rings (SSSR count). The van der Waals surface area contributed by atoms with Crippen LogP contribution in [-0.4, -0.2) is 31.1 Å². The molecule has 7 heteroatoms. The van der Waals surface area contributed by atoms with Gasteiger partial charge in [0.1, 0.15) is 5.69 Å². The van der Waals surface area contributed by atoms with E-state index in [0.29, 0.717) is 10.2 Å². The maximum absolute atomic E-state index is 11.0. The van der Waals surface area contributed by atoms with Crippen molar-refractivity contribution in [1.82, 2.24) is 20.0 Å². The van der Waals surface area contributed by atoms with Crippen molar-refractivity contribution in [3.8, 4) is 11.3 Å². The van der Waals surface area contributed by atoms with Crippen LogP contribution in [0, 0.1) is 13.8 Å². The molecule has 2 aromatic heterocycles. The highest BCUT2D eigenvalue weighted by Gasteiger charge is 2.22. The highest BCUT2D eigenvalue weighted by Crippen LogP contribution is 2.33. The van der Waals surface area contributed by atoms with Crippen molar-refractivity contribution in [3.63, 3.8) is 0 Å². The third-order valence-electron chi connectivity index (χ3n) is 2.84. The molecule has 0 aliphatic heterocycles. The zero-order valence-electron chi connectivity index (χ0n) is 10.3. The Morgan fingerprint density at radius 1 is 1.50 bits per heavy atom. The predicted octanol–water partition coefficient (Wildman–Crippen LogP) is 2.37. The average molecular weight is 313 g/mol. The van der Waals surface area contributed by atoms with E-state index < -0.39 is 5.97 Å². The fourth-order valence-corrected chi connectivity index (χ4v) is 2.53. The van der Waals surface area contributed by atoms with E-state index in [0.717, 1.165) is 23.5 Å². The van der Waals surface area contributed by atoms with Gasteiger partial charge in [0.15, 0.2) is 5.69 Å². The van der Waals surface area contributed by atoms with E-state index in [9.17, 15) is 4.79 Å². The molecule has 2 N–H and O–H groups in total. The maximum Gasteiger partial charge on any atom is 0.355 e. The lowest BCUT2D eigenvalue weighted by Gasteiger charge is -2.00. The molecular weight excluding hydrogens is 300 g/mol. The third kappa shape index (κ3) is 1.84. The number of H-pyrrole nitrogens is 1. The van der Waals surface area contributed by atoms with Gasteiger partial charge in [-0.05, 0) is 36.7 Å². The van der Waals surface area contributed by atoms with Crippen LogP contribution < -0.4 is 0 Å². The largest absolute Gasteiger partial charge is 0.476 e. The Labute approximate surface area is 112 Å². The minimum absolute atomic E-state index is 0.0491. The molecule has 6 nitrogen and oxygen atoms in total. The first-order valence-electron chi connectivity index (χ1n) is 5.48. The standard InChI is InChI=1S/C11H13BrN4O2/c1-4-16-6(3)7(5(2)15-16)9-8(12)10(11(17)18)14-13-9/h4H2,1-3H3,(H,13,14)(H,17,18). The van der Waals surface area contributed by atoms with Crippen LogP contribution in [0.15, 0.2) is 4.47 Å². The molecule has 0 spiro atoms. The smallest absolute Gasteiger partial charge is 0.355 e. The van der Waals surface area contributed by atoms with Crippen LogP contribution in [0.25, 0.3) is 11.3 Å². The Bertz CT molecular complexity index is 615. The van der Waals surface area contributed by atoms with Crippen LogP contribution in [0.4, 0.5) is 0 Å². The van der Waals surface area contributed by atoms with Gasteiger partial charge in [0.2, 0.25) is 0 Å². The summed E-state index contributed by atoms with van der Waals surface area (Å²) in [5, 5.41) is 20.0. The normalized spacial score (nSPS) is 10.9. The zero-order valence-corrected chi connectivity index (χ0v) is 11.9. The van der Waals surface area contributed by atoms with Gasteiger partial charge in [-0.15, -0.1) is 0 Å². The van der Waals surface area contributed by atoms with E-state index in [1.54, 1.807) is 0 Å². The Kier molecular flexibility index (Phi) is 3.25. The molecule has 0 aliphatic carbocycles. The second-order valence-corrected chi connectivity index (χ2v) is 4.72. The Hall–Kier alpha value is -1.63. The minimum Gasteiger partial charge on any atom is -0.476 e. The number of aromatic carboxylic acids is 1. The number of carboxylic acid groups (broad SMARTS) is 1. The number of halogens is 1. The first-order valence-corrected chi connectivity index (χ1v) is 6.28. The van der Waals surface area contributed by atoms with Gasteiger partial charge in [-0.2, -0.15) is 10.2 Å². The van der Waals surface area contributed by atoms with E-state index in [-0.39, 0.29) is 5.69 Å². The lowest BCUT2D eigenvalue weighted by molar-refractivity contribution is 0.0689. The first-order chi connectivity index (χ1) is 8.47. The SMILES string of the molecule is CCn1nc(C)c(-c2n[nH]c(C(=O)O)c2Br)c1C. The van der Waals surface area contributed by atoms with Gasteiger partial charge >= 0.3 is 5.97 Å². The number of hydrogen-bond donors (Lipinski definition) is 2. The van der Waals surface area contributed by atoms with E-state index in [4.69, 9.17) is 5.11 Å². The lowest BCUT2D eigenvalue weighted by atomic mass is 10.1. The highest BCUT2D eigenvalue weighted by atomic mass is 79.9. The highest BCUT2D eigenvalue weighted by molar-refractivity contribution is 9.10.